The van der Waals surface area contributed by atoms with Crippen LogP contribution in [0.1, 0.15) is 32.0 Å². The van der Waals surface area contributed by atoms with E-state index in [0.717, 1.165) is 0 Å². The average molecular weight is 449 g/mol. The number of pyridine rings is 1. The molecule has 0 saturated carbocycles. The van der Waals surface area contributed by atoms with E-state index in [1.54, 1.807) is 39.0 Å². The Morgan fingerprint density at radius 1 is 1.29 bits per heavy atom. The first-order valence-electron chi connectivity index (χ1n) is 8.76. The highest BCUT2D eigenvalue weighted by atomic mass is 79.9. The number of carbonyl (C=O) groups is 1. The van der Waals surface area contributed by atoms with Crippen LogP contribution in [-0.2, 0) is 9.53 Å². The molecule has 0 saturated heterocycles. The summed E-state index contributed by atoms with van der Waals surface area (Å²) in [7, 11) is 0. The molecular formula is C20H21BrN2O5. The summed E-state index contributed by atoms with van der Waals surface area (Å²) in [6.45, 7) is 7.48. The highest BCUT2D eigenvalue weighted by Crippen LogP contribution is 2.41. The van der Waals surface area contributed by atoms with Gasteiger partial charge in [0, 0.05) is 11.3 Å². The summed E-state index contributed by atoms with van der Waals surface area (Å²) in [6, 6.07) is 7.06. The predicted octanol–water partition coefficient (Wildman–Crippen LogP) is 3.71. The number of halogens is 1. The van der Waals surface area contributed by atoms with Gasteiger partial charge in [-0.25, -0.2) is 4.79 Å². The van der Waals surface area contributed by atoms with Gasteiger partial charge in [-0.3, -0.25) is 4.79 Å². The number of hydrogen-bond donors (Lipinski definition) is 1. The molecule has 1 aromatic heterocycles. The van der Waals surface area contributed by atoms with Crippen LogP contribution in [0.4, 0.5) is 0 Å². The van der Waals surface area contributed by atoms with Crippen molar-refractivity contribution in [3.8, 4) is 28.7 Å². The van der Waals surface area contributed by atoms with Crippen molar-refractivity contribution in [3.05, 3.63) is 44.3 Å². The number of ether oxygens (including phenoxy) is 3. The largest absolute Gasteiger partial charge is 0.490 e. The first-order chi connectivity index (χ1) is 13.3. The van der Waals surface area contributed by atoms with Gasteiger partial charge in [-0.05, 0) is 67.4 Å². The van der Waals surface area contributed by atoms with E-state index < -0.39 is 17.6 Å². The van der Waals surface area contributed by atoms with Crippen LogP contribution >= 0.6 is 15.9 Å². The Hall–Kier alpha value is -2.79. The second-order valence-corrected chi connectivity index (χ2v) is 6.77. The van der Waals surface area contributed by atoms with Gasteiger partial charge in [-0.1, -0.05) is 0 Å². The maximum atomic E-state index is 12.1. The van der Waals surface area contributed by atoms with Crippen LogP contribution in [0.2, 0.25) is 0 Å². The van der Waals surface area contributed by atoms with Gasteiger partial charge in [0.25, 0.3) is 5.56 Å². The SMILES string of the molecule is CCOC(=O)C(C)Oc1c(Br)cc(-c2cc(C)[nH]c(=O)c2C#N)cc1OCC. The van der Waals surface area contributed by atoms with Crippen molar-refractivity contribution in [1.82, 2.24) is 4.98 Å². The van der Waals surface area contributed by atoms with E-state index in [4.69, 9.17) is 14.2 Å². The topological polar surface area (TPSA) is 101 Å². The number of benzene rings is 1. The van der Waals surface area contributed by atoms with Crippen molar-refractivity contribution in [3.63, 3.8) is 0 Å². The first-order valence-corrected chi connectivity index (χ1v) is 9.55. The Kier molecular flexibility index (Phi) is 7.24. The molecule has 1 heterocycles. The lowest BCUT2D eigenvalue weighted by molar-refractivity contribution is -0.150. The third kappa shape index (κ3) is 4.73. The van der Waals surface area contributed by atoms with Crippen molar-refractivity contribution in [2.75, 3.05) is 13.2 Å². The van der Waals surface area contributed by atoms with Gasteiger partial charge in [0.2, 0.25) is 0 Å². The highest BCUT2D eigenvalue weighted by Gasteiger charge is 2.22. The number of nitriles is 1. The molecule has 7 nitrogen and oxygen atoms in total. The zero-order valence-corrected chi connectivity index (χ0v) is 17.7. The van der Waals surface area contributed by atoms with Crippen molar-refractivity contribution < 1.29 is 19.0 Å². The molecule has 1 unspecified atom stereocenters. The number of aromatic amines is 1. The lowest BCUT2D eigenvalue weighted by Crippen LogP contribution is -2.26. The van der Waals surface area contributed by atoms with Crippen LogP contribution in [0.25, 0.3) is 11.1 Å². The summed E-state index contributed by atoms with van der Waals surface area (Å²) in [5.74, 6) is 0.231. The molecule has 1 N–H and O–H groups in total. The number of aromatic nitrogens is 1. The fourth-order valence-electron chi connectivity index (χ4n) is 2.61. The minimum absolute atomic E-state index is 0.00788. The molecule has 1 atom stereocenters. The van der Waals surface area contributed by atoms with E-state index >= 15 is 0 Å². The second kappa shape index (κ2) is 9.42. The molecule has 0 spiro atoms. The zero-order valence-electron chi connectivity index (χ0n) is 16.1. The minimum Gasteiger partial charge on any atom is -0.490 e. The molecule has 0 aliphatic carbocycles. The van der Waals surface area contributed by atoms with E-state index in [-0.39, 0.29) is 12.2 Å². The van der Waals surface area contributed by atoms with Gasteiger partial charge in [0.15, 0.2) is 17.6 Å². The van der Waals surface area contributed by atoms with Crippen molar-refractivity contribution >= 4 is 21.9 Å². The molecular weight excluding hydrogens is 428 g/mol. The number of rotatable bonds is 7. The van der Waals surface area contributed by atoms with E-state index in [0.29, 0.717) is 39.4 Å². The van der Waals surface area contributed by atoms with Crippen LogP contribution in [0.5, 0.6) is 11.5 Å². The normalized spacial score (nSPS) is 11.4. The van der Waals surface area contributed by atoms with Gasteiger partial charge in [0.05, 0.1) is 17.7 Å². The summed E-state index contributed by atoms with van der Waals surface area (Å²) >= 11 is 3.44. The maximum absolute atomic E-state index is 12.1. The number of aryl methyl sites for hydroxylation is 1. The number of nitrogens with zero attached hydrogens (tertiary/aromatic N) is 1. The number of H-pyrrole nitrogens is 1. The Morgan fingerprint density at radius 3 is 2.61 bits per heavy atom. The molecule has 0 amide bonds. The molecule has 0 radical (unpaired) electrons. The Bertz CT molecular complexity index is 978. The first kappa shape index (κ1) is 21.5. The molecule has 2 aromatic rings. The fourth-order valence-corrected chi connectivity index (χ4v) is 3.15. The Balaban J connectivity index is 2.56. The van der Waals surface area contributed by atoms with Crippen molar-refractivity contribution in [1.29, 1.82) is 5.26 Å². The molecule has 8 heteroatoms. The minimum atomic E-state index is -0.835. The maximum Gasteiger partial charge on any atom is 0.347 e. The third-order valence-corrected chi connectivity index (χ3v) is 4.40. The molecule has 0 aliphatic heterocycles. The summed E-state index contributed by atoms with van der Waals surface area (Å²) in [6.07, 6.45) is -0.835. The third-order valence-electron chi connectivity index (χ3n) is 3.81. The van der Waals surface area contributed by atoms with E-state index in [1.165, 1.54) is 0 Å². The van der Waals surface area contributed by atoms with Gasteiger partial charge in [0.1, 0.15) is 11.6 Å². The smallest absolute Gasteiger partial charge is 0.347 e. The lowest BCUT2D eigenvalue weighted by Gasteiger charge is -2.19. The standard InChI is InChI=1S/C20H21BrN2O5/c1-5-26-17-9-13(14-7-11(3)23-19(24)15(14)10-22)8-16(21)18(17)28-12(4)20(25)27-6-2/h7-9,12H,5-6H2,1-4H3,(H,23,24). The van der Waals surface area contributed by atoms with Gasteiger partial charge in [-0.15, -0.1) is 0 Å². The summed E-state index contributed by atoms with van der Waals surface area (Å²) in [4.78, 5) is 26.6. The summed E-state index contributed by atoms with van der Waals surface area (Å²) in [5.41, 5.74) is 1.27. The van der Waals surface area contributed by atoms with E-state index in [2.05, 4.69) is 20.9 Å². The molecule has 0 fully saturated rings. The summed E-state index contributed by atoms with van der Waals surface area (Å²) in [5, 5.41) is 9.39. The van der Waals surface area contributed by atoms with Gasteiger partial charge >= 0.3 is 5.97 Å². The second-order valence-electron chi connectivity index (χ2n) is 5.91. The quantitative estimate of drug-likeness (QED) is 0.647. The highest BCUT2D eigenvalue weighted by molar-refractivity contribution is 9.10. The van der Waals surface area contributed by atoms with Crippen LogP contribution in [0.15, 0.2) is 27.5 Å². The number of esters is 1. The van der Waals surface area contributed by atoms with Crippen molar-refractivity contribution in [2.45, 2.75) is 33.8 Å². The lowest BCUT2D eigenvalue weighted by atomic mass is 10.0. The zero-order chi connectivity index (χ0) is 20.8. The molecule has 0 aliphatic rings. The average Bonchev–Trinajstić information content (AvgIpc) is 2.63. The Morgan fingerprint density at radius 2 is 2.00 bits per heavy atom. The summed E-state index contributed by atoms with van der Waals surface area (Å²) < 4.78 is 16.9. The van der Waals surface area contributed by atoms with Crippen LogP contribution in [0.3, 0.4) is 0 Å². The molecule has 1 aromatic carbocycles. The van der Waals surface area contributed by atoms with Crippen LogP contribution in [0, 0.1) is 18.3 Å². The fraction of sp³-hybridized carbons (Fsp3) is 0.350. The van der Waals surface area contributed by atoms with Gasteiger partial charge in [-0.2, -0.15) is 5.26 Å². The van der Waals surface area contributed by atoms with E-state index in [1.807, 2.05) is 13.0 Å². The molecule has 2 rings (SSSR count). The van der Waals surface area contributed by atoms with Crippen LogP contribution < -0.4 is 15.0 Å². The monoisotopic (exact) mass is 448 g/mol. The van der Waals surface area contributed by atoms with Gasteiger partial charge < -0.3 is 19.2 Å². The number of carbonyl (C=O) groups excluding carboxylic acids is 1. The van der Waals surface area contributed by atoms with Crippen molar-refractivity contribution in [2.24, 2.45) is 0 Å². The number of hydrogen-bond acceptors (Lipinski definition) is 6. The molecule has 148 valence electrons. The predicted molar refractivity (Wildman–Crippen MR) is 108 cm³/mol. The van der Waals surface area contributed by atoms with Crippen LogP contribution in [-0.4, -0.2) is 30.3 Å². The molecule has 28 heavy (non-hydrogen) atoms. The molecule has 0 bridgehead atoms. The Labute approximate surface area is 171 Å². The van der Waals surface area contributed by atoms with E-state index in [9.17, 15) is 14.9 Å². The number of nitrogens with one attached hydrogen (secondary N) is 1.